The first-order valence-corrected chi connectivity index (χ1v) is 6.93. The van der Waals surface area contributed by atoms with Crippen LogP contribution in [0.3, 0.4) is 0 Å². The Morgan fingerprint density at radius 2 is 1.89 bits per heavy atom. The molecule has 2 rings (SSSR count). The summed E-state index contributed by atoms with van der Waals surface area (Å²) in [5, 5.41) is 0. The Labute approximate surface area is 114 Å². The standard InChI is InChI=1S/C15H21N3O/c1-4-14-16-12-9-7-8-10-13(12)18(14)11-15(19)17(5-2)6-3/h7-10H,4-6,11H2,1-3H3. The molecule has 1 amide bonds. The van der Waals surface area contributed by atoms with Gasteiger partial charge in [-0.05, 0) is 26.0 Å². The van der Waals surface area contributed by atoms with Gasteiger partial charge in [-0.3, -0.25) is 4.79 Å². The number of aromatic nitrogens is 2. The van der Waals surface area contributed by atoms with Crippen molar-refractivity contribution in [1.29, 1.82) is 0 Å². The van der Waals surface area contributed by atoms with Crippen molar-refractivity contribution in [2.45, 2.75) is 33.7 Å². The van der Waals surface area contributed by atoms with Gasteiger partial charge in [-0.2, -0.15) is 0 Å². The van der Waals surface area contributed by atoms with E-state index in [1.54, 1.807) is 0 Å². The average molecular weight is 259 g/mol. The first-order chi connectivity index (χ1) is 9.21. The molecule has 0 aliphatic carbocycles. The number of carbonyl (C=O) groups excluding carboxylic acids is 1. The highest BCUT2D eigenvalue weighted by Gasteiger charge is 2.15. The highest BCUT2D eigenvalue weighted by atomic mass is 16.2. The molecule has 0 unspecified atom stereocenters. The Kier molecular flexibility index (Phi) is 4.20. The van der Waals surface area contributed by atoms with E-state index in [2.05, 4.69) is 11.9 Å². The molecular formula is C15H21N3O. The second kappa shape index (κ2) is 5.87. The van der Waals surface area contributed by atoms with Gasteiger partial charge in [0.2, 0.25) is 5.91 Å². The number of carbonyl (C=O) groups is 1. The Balaban J connectivity index is 2.36. The summed E-state index contributed by atoms with van der Waals surface area (Å²) in [7, 11) is 0. The van der Waals surface area contributed by atoms with Crippen LogP contribution in [0, 0.1) is 0 Å². The van der Waals surface area contributed by atoms with Crippen LogP contribution in [0.1, 0.15) is 26.6 Å². The lowest BCUT2D eigenvalue weighted by Gasteiger charge is -2.19. The summed E-state index contributed by atoms with van der Waals surface area (Å²) in [4.78, 5) is 18.7. The Hall–Kier alpha value is -1.84. The fourth-order valence-electron chi connectivity index (χ4n) is 2.38. The zero-order valence-corrected chi connectivity index (χ0v) is 11.9. The highest BCUT2D eigenvalue weighted by molar-refractivity contribution is 5.81. The van der Waals surface area contributed by atoms with Gasteiger partial charge in [0, 0.05) is 19.5 Å². The minimum absolute atomic E-state index is 0.155. The number of imidazole rings is 1. The topological polar surface area (TPSA) is 38.1 Å². The van der Waals surface area contributed by atoms with Crippen LogP contribution in [0.2, 0.25) is 0 Å². The van der Waals surface area contributed by atoms with Crippen LogP contribution in [0.4, 0.5) is 0 Å². The molecule has 2 aromatic rings. The summed E-state index contributed by atoms with van der Waals surface area (Å²) in [6.45, 7) is 7.97. The monoisotopic (exact) mass is 259 g/mol. The van der Waals surface area contributed by atoms with Crippen LogP contribution in [0.5, 0.6) is 0 Å². The molecule has 1 aromatic heterocycles. The molecule has 0 aliphatic rings. The largest absolute Gasteiger partial charge is 0.342 e. The SMILES string of the molecule is CCc1nc2ccccc2n1CC(=O)N(CC)CC. The molecule has 0 bridgehead atoms. The van der Waals surface area contributed by atoms with Gasteiger partial charge in [0.25, 0.3) is 0 Å². The number of amides is 1. The zero-order valence-electron chi connectivity index (χ0n) is 11.9. The van der Waals surface area contributed by atoms with Crippen LogP contribution >= 0.6 is 0 Å². The normalized spacial score (nSPS) is 10.9. The van der Waals surface area contributed by atoms with Crippen molar-refractivity contribution in [2.24, 2.45) is 0 Å². The maximum absolute atomic E-state index is 12.3. The lowest BCUT2D eigenvalue weighted by molar-refractivity contribution is -0.131. The number of aryl methyl sites for hydroxylation is 1. The lowest BCUT2D eigenvalue weighted by atomic mass is 10.3. The van der Waals surface area contributed by atoms with Gasteiger partial charge in [-0.1, -0.05) is 19.1 Å². The van der Waals surface area contributed by atoms with Gasteiger partial charge in [-0.15, -0.1) is 0 Å². The first-order valence-electron chi connectivity index (χ1n) is 6.93. The smallest absolute Gasteiger partial charge is 0.242 e. The van der Waals surface area contributed by atoms with Gasteiger partial charge >= 0.3 is 0 Å². The number of para-hydroxylation sites is 2. The van der Waals surface area contributed by atoms with E-state index in [1.807, 2.05) is 47.6 Å². The van der Waals surface area contributed by atoms with Crippen molar-refractivity contribution in [3.63, 3.8) is 0 Å². The maximum Gasteiger partial charge on any atom is 0.242 e. The number of fused-ring (bicyclic) bond motifs is 1. The summed E-state index contributed by atoms with van der Waals surface area (Å²) in [5.41, 5.74) is 2.01. The first kappa shape index (κ1) is 13.6. The minimum Gasteiger partial charge on any atom is -0.342 e. The third kappa shape index (κ3) is 2.62. The van der Waals surface area contributed by atoms with E-state index < -0.39 is 0 Å². The van der Waals surface area contributed by atoms with Crippen molar-refractivity contribution in [3.05, 3.63) is 30.1 Å². The van der Waals surface area contributed by atoms with Gasteiger partial charge in [0.05, 0.1) is 11.0 Å². The van der Waals surface area contributed by atoms with Crippen molar-refractivity contribution in [1.82, 2.24) is 14.5 Å². The van der Waals surface area contributed by atoms with E-state index in [0.717, 1.165) is 36.4 Å². The molecule has 102 valence electrons. The van der Waals surface area contributed by atoms with E-state index in [0.29, 0.717) is 6.54 Å². The lowest BCUT2D eigenvalue weighted by Crippen LogP contribution is -2.33. The van der Waals surface area contributed by atoms with E-state index in [-0.39, 0.29) is 5.91 Å². The van der Waals surface area contributed by atoms with Crippen LogP contribution in [0.25, 0.3) is 11.0 Å². The highest BCUT2D eigenvalue weighted by Crippen LogP contribution is 2.16. The van der Waals surface area contributed by atoms with Crippen molar-refractivity contribution in [3.8, 4) is 0 Å². The van der Waals surface area contributed by atoms with Crippen LogP contribution in [0.15, 0.2) is 24.3 Å². The minimum atomic E-state index is 0.155. The summed E-state index contributed by atoms with van der Waals surface area (Å²) >= 11 is 0. The van der Waals surface area contributed by atoms with Crippen molar-refractivity contribution < 1.29 is 4.79 Å². The molecule has 1 heterocycles. The molecule has 1 aromatic carbocycles. The van der Waals surface area contributed by atoms with Crippen molar-refractivity contribution >= 4 is 16.9 Å². The van der Waals surface area contributed by atoms with Crippen LogP contribution in [-0.2, 0) is 17.8 Å². The van der Waals surface area contributed by atoms with Crippen molar-refractivity contribution in [2.75, 3.05) is 13.1 Å². The molecule has 0 fully saturated rings. The van der Waals surface area contributed by atoms with Crippen LogP contribution < -0.4 is 0 Å². The number of benzene rings is 1. The average Bonchev–Trinajstić information content (AvgIpc) is 2.78. The molecule has 0 saturated heterocycles. The molecule has 19 heavy (non-hydrogen) atoms. The molecule has 0 radical (unpaired) electrons. The van der Waals surface area contributed by atoms with E-state index >= 15 is 0 Å². The fourth-order valence-corrected chi connectivity index (χ4v) is 2.38. The summed E-state index contributed by atoms with van der Waals surface area (Å²) < 4.78 is 2.04. The van der Waals surface area contributed by atoms with E-state index in [4.69, 9.17) is 0 Å². The molecule has 0 N–H and O–H groups in total. The summed E-state index contributed by atoms with van der Waals surface area (Å²) in [5.74, 6) is 1.13. The van der Waals surface area contributed by atoms with Gasteiger partial charge in [-0.25, -0.2) is 4.98 Å². The fraction of sp³-hybridized carbons (Fsp3) is 0.467. The Bertz CT molecular complexity index is 570. The quantitative estimate of drug-likeness (QED) is 0.827. The second-order valence-corrected chi connectivity index (χ2v) is 4.52. The molecular weight excluding hydrogens is 238 g/mol. The van der Waals surface area contributed by atoms with Gasteiger partial charge < -0.3 is 9.47 Å². The van der Waals surface area contributed by atoms with E-state index in [9.17, 15) is 4.79 Å². The molecule has 0 saturated carbocycles. The second-order valence-electron chi connectivity index (χ2n) is 4.52. The molecule has 0 aliphatic heterocycles. The molecule has 0 atom stereocenters. The summed E-state index contributed by atoms with van der Waals surface area (Å²) in [6, 6.07) is 7.98. The van der Waals surface area contributed by atoms with E-state index in [1.165, 1.54) is 0 Å². The summed E-state index contributed by atoms with van der Waals surface area (Å²) in [6.07, 6.45) is 0.834. The number of rotatable bonds is 5. The number of hydrogen-bond acceptors (Lipinski definition) is 2. The third-order valence-electron chi connectivity index (χ3n) is 3.46. The van der Waals surface area contributed by atoms with Crippen LogP contribution in [-0.4, -0.2) is 33.4 Å². The Morgan fingerprint density at radius 3 is 2.53 bits per heavy atom. The predicted molar refractivity (Wildman–Crippen MR) is 77.0 cm³/mol. The number of nitrogens with zero attached hydrogens (tertiary/aromatic N) is 3. The Morgan fingerprint density at radius 1 is 1.21 bits per heavy atom. The van der Waals surface area contributed by atoms with Gasteiger partial charge in [0.1, 0.15) is 12.4 Å². The number of hydrogen-bond donors (Lipinski definition) is 0. The van der Waals surface area contributed by atoms with Gasteiger partial charge in [0.15, 0.2) is 0 Å². The molecule has 4 heteroatoms. The third-order valence-corrected chi connectivity index (χ3v) is 3.46. The molecule has 0 spiro atoms. The number of likely N-dealkylation sites (N-methyl/N-ethyl adjacent to an activating group) is 1. The predicted octanol–water partition coefficient (Wildman–Crippen LogP) is 2.47. The maximum atomic E-state index is 12.3. The zero-order chi connectivity index (χ0) is 13.8. The molecule has 4 nitrogen and oxygen atoms in total.